The molecule has 0 aliphatic carbocycles. The van der Waals surface area contributed by atoms with Gasteiger partial charge < -0.3 is 4.74 Å². The molecule has 1 aromatic carbocycles. The smallest absolute Gasteiger partial charge is 0.130 e. The van der Waals surface area contributed by atoms with E-state index in [0.29, 0.717) is 17.5 Å². The minimum absolute atomic E-state index is 0.237. The lowest BCUT2D eigenvalue weighted by molar-refractivity contribution is 0.0994. The predicted molar refractivity (Wildman–Crippen MR) is 69.4 cm³/mol. The summed E-state index contributed by atoms with van der Waals surface area (Å²) in [5, 5.41) is 0. The summed E-state index contributed by atoms with van der Waals surface area (Å²) in [5.41, 5.74) is 3.45. The summed E-state index contributed by atoms with van der Waals surface area (Å²) in [4.78, 5) is 0. The maximum Gasteiger partial charge on any atom is 0.130 e. The van der Waals surface area contributed by atoms with Gasteiger partial charge in [-0.15, -0.1) is 0 Å². The molecule has 5 heteroatoms. The van der Waals surface area contributed by atoms with Crippen LogP contribution in [0.2, 0.25) is 0 Å². The van der Waals surface area contributed by atoms with Crippen molar-refractivity contribution >= 4 is 0 Å². The van der Waals surface area contributed by atoms with Gasteiger partial charge in [0.25, 0.3) is 0 Å². The number of aryl methyl sites for hydroxylation is 1. The molecule has 2 unspecified atom stereocenters. The molecular weight excluding hydrogens is 250 g/mol. The normalized spacial score (nSPS) is 20.7. The number of benzene rings is 1. The van der Waals surface area contributed by atoms with Gasteiger partial charge in [-0.25, -0.2) is 8.78 Å². The number of rotatable bonds is 5. The molecule has 19 heavy (non-hydrogen) atoms. The molecule has 2 atom stereocenters. The Balaban J connectivity index is 2.05. The molecule has 3 nitrogen and oxygen atoms in total. The van der Waals surface area contributed by atoms with Gasteiger partial charge in [-0.2, -0.15) is 0 Å². The van der Waals surface area contributed by atoms with Crippen LogP contribution in [0.5, 0.6) is 0 Å². The van der Waals surface area contributed by atoms with Gasteiger partial charge in [0.2, 0.25) is 0 Å². The van der Waals surface area contributed by atoms with Crippen LogP contribution in [0.25, 0.3) is 0 Å². The fraction of sp³-hybridized carbons (Fsp3) is 0.571. The average molecular weight is 270 g/mol. The topological polar surface area (TPSA) is 47.3 Å². The second-order valence-corrected chi connectivity index (χ2v) is 5.05. The van der Waals surface area contributed by atoms with Gasteiger partial charge in [-0.1, -0.05) is 0 Å². The molecule has 0 radical (unpaired) electrons. The molecule has 0 saturated carbocycles. The lowest BCUT2D eigenvalue weighted by atomic mass is 9.97. The molecule has 0 amide bonds. The Bertz CT molecular complexity index is 434. The molecule has 106 valence electrons. The van der Waals surface area contributed by atoms with Crippen molar-refractivity contribution in [3.05, 3.63) is 34.9 Å². The lowest BCUT2D eigenvalue weighted by Gasteiger charge is -2.19. The zero-order valence-electron chi connectivity index (χ0n) is 11.1. The highest BCUT2D eigenvalue weighted by atomic mass is 19.1. The van der Waals surface area contributed by atoms with E-state index in [-0.39, 0.29) is 12.1 Å². The zero-order valence-corrected chi connectivity index (χ0v) is 11.1. The van der Waals surface area contributed by atoms with Crippen molar-refractivity contribution in [1.82, 2.24) is 5.43 Å². The second kappa shape index (κ2) is 6.41. The van der Waals surface area contributed by atoms with Gasteiger partial charge in [0.05, 0.1) is 6.10 Å². The minimum atomic E-state index is -0.557. The Kier molecular flexibility index (Phi) is 4.85. The third kappa shape index (κ3) is 3.49. The first-order chi connectivity index (χ1) is 9.11. The van der Waals surface area contributed by atoms with Gasteiger partial charge in [-0.3, -0.25) is 11.3 Å². The Morgan fingerprint density at radius 2 is 2.21 bits per heavy atom. The Morgan fingerprint density at radius 3 is 2.84 bits per heavy atom. The molecule has 1 fully saturated rings. The summed E-state index contributed by atoms with van der Waals surface area (Å²) >= 11 is 0. The average Bonchev–Trinajstić information content (AvgIpc) is 2.89. The van der Waals surface area contributed by atoms with Crippen LogP contribution in [0.15, 0.2) is 12.1 Å². The van der Waals surface area contributed by atoms with Crippen molar-refractivity contribution in [2.24, 2.45) is 5.84 Å². The van der Waals surface area contributed by atoms with Gasteiger partial charge >= 0.3 is 0 Å². The van der Waals surface area contributed by atoms with Crippen molar-refractivity contribution in [3.8, 4) is 0 Å². The van der Waals surface area contributed by atoms with Crippen molar-refractivity contribution < 1.29 is 13.5 Å². The summed E-state index contributed by atoms with van der Waals surface area (Å²) in [6.45, 7) is 2.42. The molecular formula is C14H20F2N2O. The zero-order chi connectivity index (χ0) is 13.8. The van der Waals surface area contributed by atoms with Gasteiger partial charge in [-0.05, 0) is 44.2 Å². The van der Waals surface area contributed by atoms with E-state index in [1.165, 1.54) is 6.07 Å². The molecule has 1 aliphatic heterocycles. The van der Waals surface area contributed by atoms with Gasteiger partial charge in [0, 0.05) is 24.3 Å². The maximum atomic E-state index is 13.8. The van der Waals surface area contributed by atoms with Crippen molar-refractivity contribution in [2.75, 3.05) is 6.61 Å². The van der Waals surface area contributed by atoms with Gasteiger partial charge in [0.15, 0.2) is 0 Å². The highest BCUT2D eigenvalue weighted by Gasteiger charge is 2.21. The van der Waals surface area contributed by atoms with Crippen LogP contribution < -0.4 is 11.3 Å². The third-order valence-electron chi connectivity index (χ3n) is 3.66. The van der Waals surface area contributed by atoms with E-state index in [9.17, 15) is 8.78 Å². The van der Waals surface area contributed by atoms with Crippen LogP contribution in [0.1, 0.15) is 42.9 Å². The SMILES string of the molecule is Cc1cc(C(CCC2CCCO2)NN)c(F)cc1F. The predicted octanol–water partition coefficient (Wildman–Crippen LogP) is 2.74. The number of nitrogens with one attached hydrogen (secondary N) is 1. The number of hydrazine groups is 1. The molecule has 0 spiro atoms. The van der Waals surface area contributed by atoms with E-state index >= 15 is 0 Å². The molecule has 0 aromatic heterocycles. The van der Waals surface area contributed by atoms with E-state index in [4.69, 9.17) is 10.6 Å². The molecule has 1 aliphatic rings. The summed E-state index contributed by atoms with van der Waals surface area (Å²) in [6.07, 6.45) is 3.85. The van der Waals surface area contributed by atoms with Crippen LogP contribution in [-0.4, -0.2) is 12.7 Å². The first-order valence-corrected chi connectivity index (χ1v) is 6.65. The van der Waals surface area contributed by atoms with E-state index in [1.54, 1.807) is 6.92 Å². The summed E-state index contributed by atoms with van der Waals surface area (Å²) in [5.74, 6) is 4.41. The van der Waals surface area contributed by atoms with Crippen LogP contribution in [0.3, 0.4) is 0 Å². The van der Waals surface area contributed by atoms with Gasteiger partial charge in [0.1, 0.15) is 11.6 Å². The number of halogens is 2. The molecule has 0 bridgehead atoms. The molecule has 1 aromatic rings. The summed E-state index contributed by atoms with van der Waals surface area (Å²) in [6, 6.07) is 2.12. The monoisotopic (exact) mass is 270 g/mol. The molecule has 1 heterocycles. The molecule has 1 saturated heterocycles. The van der Waals surface area contributed by atoms with Crippen molar-refractivity contribution in [2.45, 2.75) is 44.8 Å². The Morgan fingerprint density at radius 1 is 1.42 bits per heavy atom. The number of hydrogen-bond donors (Lipinski definition) is 2. The first-order valence-electron chi connectivity index (χ1n) is 6.65. The number of nitrogens with two attached hydrogens (primary N) is 1. The third-order valence-corrected chi connectivity index (χ3v) is 3.66. The molecule has 2 rings (SSSR count). The Hall–Kier alpha value is -1.04. The van der Waals surface area contributed by atoms with Crippen LogP contribution >= 0.6 is 0 Å². The fourth-order valence-corrected chi connectivity index (χ4v) is 2.50. The molecule has 3 N–H and O–H groups in total. The van der Waals surface area contributed by atoms with Crippen molar-refractivity contribution in [1.29, 1.82) is 0 Å². The second-order valence-electron chi connectivity index (χ2n) is 5.05. The van der Waals surface area contributed by atoms with Crippen molar-refractivity contribution in [3.63, 3.8) is 0 Å². The number of hydrogen-bond acceptors (Lipinski definition) is 3. The standard InChI is InChI=1S/C14H20F2N2O/c1-9-7-11(13(16)8-12(9)15)14(18-17)5-4-10-3-2-6-19-10/h7-8,10,14,18H,2-6,17H2,1H3. The fourth-order valence-electron chi connectivity index (χ4n) is 2.50. The summed E-state index contributed by atoms with van der Waals surface area (Å²) in [7, 11) is 0. The quantitative estimate of drug-likeness (QED) is 0.639. The van der Waals surface area contributed by atoms with E-state index in [0.717, 1.165) is 31.9 Å². The van der Waals surface area contributed by atoms with E-state index < -0.39 is 11.6 Å². The first kappa shape index (κ1) is 14.4. The highest BCUT2D eigenvalue weighted by Crippen LogP contribution is 2.26. The van der Waals surface area contributed by atoms with Crippen LogP contribution in [-0.2, 0) is 4.74 Å². The maximum absolute atomic E-state index is 13.8. The minimum Gasteiger partial charge on any atom is -0.378 e. The summed E-state index contributed by atoms with van der Waals surface area (Å²) < 4.78 is 32.6. The van der Waals surface area contributed by atoms with Crippen LogP contribution in [0, 0.1) is 18.6 Å². The largest absolute Gasteiger partial charge is 0.378 e. The van der Waals surface area contributed by atoms with E-state index in [1.807, 2.05) is 0 Å². The highest BCUT2D eigenvalue weighted by molar-refractivity contribution is 5.28. The Labute approximate surface area is 112 Å². The number of ether oxygens (including phenoxy) is 1. The lowest BCUT2D eigenvalue weighted by Crippen LogP contribution is -2.29. The van der Waals surface area contributed by atoms with E-state index in [2.05, 4.69) is 5.43 Å². The van der Waals surface area contributed by atoms with Crippen LogP contribution in [0.4, 0.5) is 8.78 Å².